The van der Waals surface area contributed by atoms with Gasteiger partial charge in [0.15, 0.2) is 0 Å². The molecule has 2 aliphatic heterocycles. The van der Waals surface area contributed by atoms with Crippen LogP contribution in [0.4, 0.5) is 16.3 Å². The first-order valence-corrected chi connectivity index (χ1v) is 11.2. The molecule has 30 heavy (non-hydrogen) atoms. The molecule has 0 bridgehead atoms. The molecule has 2 aromatic rings. The lowest BCUT2D eigenvalue weighted by atomic mass is 10.2. The maximum absolute atomic E-state index is 12.1. The van der Waals surface area contributed by atoms with Crippen molar-refractivity contribution in [2.45, 2.75) is 6.10 Å². The lowest BCUT2D eigenvalue weighted by molar-refractivity contribution is 0.142. The van der Waals surface area contributed by atoms with Crippen molar-refractivity contribution in [1.82, 2.24) is 15.2 Å². The van der Waals surface area contributed by atoms with Gasteiger partial charge in [-0.3, -0.25) is 4.90 Å². The van der Waals surface area contributed by atoms with E-state index in [4.69, 9.17) is 22.1 Å². The van der Waals surface area contributed by atoms with E-state index in [1.807, 2.05) is 23.6 Å². The van der Waals surface area contributed by atoms with Crippen LogP contribution < -0.4 is 15.1 Å². The Bertz CT molecular complexity index is 914. The van der Waals surface area contributed by atoms with Crippen LogP contribution in [0.25, 0.3) is 0 Å². The number of thiophene rings is 1. The summed E-state index contributed by atoms with van der Waals surface area (Å²) in [5, 5.41) is 13.4. The van der Waals surface area contributed by atoms with E-state index in [0.29, 0.717) is 12.2 Å². The highest BCUT2D eigenvalue weighted by atomic mass is 32.1. The number of cyclic esters (lactones) is 1. The van der Waals surface area contributed by atoms with Gasteiger partial charge in [0, 0.05) is 26.2 Å². The van der Waals surface area contributed by atoms with Gasteiger partial charge in [-0.25, -0.2) is 9.78 Å². The normalized spacial score (nSPS) is 19.0. The van der Waals surface area contributed by atoms with Crippen LogP contribution in [0.15, 0.2) is 35.8 Å². The highest BCUT2D eigenvalue weighted by Gasteiger charge is 2.32. The third-order valence-electron chi connectivity index (χ3n) is 5.02. The number of anilines is 2. The van der Waals surface area contributed by atoms with E-state index in [-0.39, 0.29) is 17.8 Å². The minimum Gasteiger partial charge on any atom is -0.487 e. The Hall–Kier alpha value is -2.50. The van der Waals surface area contributed by atoms with Gasteiger partial charge in [0.05, 0.1) is 29.9 Å². The van der Waals surface area contributed by atoms with Gasteiger partial charge in [-0.05, 0) is 35.8 Å². The molecule has 0 spiro atoms. The molecular weight excluding hydrogens is 442 g/mol. The van der Waals surface area contributed by atoms with Crippen molar-refractivity contribution >= 4 is 63.5 Å². The Morgan fingerprint density at radius 2 is 2.07 bits per heavy atom. The summed E-state index contributed by atoms with van der Waals surface area (Å²) in [4.78, 5) is 24.7. The Balaban J connectivity index is 1.33. The Labute approximate surface area is 189 Å². The smallest absolute Gasteiger partial charge is 0.414 e. The summed E-state index contributed by atoms with van der Waals surface area (Å²) in [5.41, 5.74) is 0.676. The fourth-order valence-corrected chi connectivity index (χ4v) is 4.63. The first-order chi connectivity index (χ1) is 14.5. The van der Waals surface area contributed by atoms with E-state index in [0.717, 1.165) is 41.9 Å². The zero-order valence-corrected chi connectivity index (χ0v) is 18.5. The summed E-state index contributed by atoms with van der Waals surface area (Å²) >= 11 is 11.8. The second-order valence-corrected chi connectivity index (χ2v) is 8.65. The third-order valence-corrected chi connectivity index (χ3v) is 6.65. The van der Waals surface area contributed by atoms with E-state index in [2.05, 4.69) is 38.4 Å². The zero-order valence-electron chi connectivity index (χ0n) is 16.1. The van der Waals surface area contributed by atoms with Crippen LogP contribution in [0, 0.1) is 0 Å². The van der Waals surface area contributed by atoms with E-state index in [1.54, 1.807) is 17.5 Å². The molecule has 0 aromatic carbocycles. The molecule has 0 aliphatic carbocycles. The van der Waals surface area contributed by atoms with Crippen LogP contribution in [0.1, 0.15) is 4.88 Å². The molecule has 0 radical (unpaired) electrons. The standard InChI is InChI=1S/C19H21N5O3S3/c25-18(29)21-11-14-12-24(19(26)27-14)13-3-4-16(20-10-13)22-5-7-23(8-6-22)17(28)15-2-1-9-30-15/h1-4,9-10,14H,5-8,11-12H2,(H2,21,25,29). The van der Waals surface area contributed by atoms with Crippen molar-refractivity contribution in [1.29, 1.82) is 0 Å². The average molecular weight is 464 g/mol. The molecule has 158 valence electrons. The number of carbonyl (C=O) groups excluding carboxylic acids is 1. The lowest BCUT2D eigenvalue weighted by Crippen LogP contribution is -2.48. The number of aliphatic hydroxyl groups is 1. The van der Waals surface area contributed by atoms with Gasteiger partial charge in [-0.2, -0.15) is 0 Å². The fourth-order valence-electron chi connectivity index (χ4n) is 3.46. The second-order valence-electron chi connectivity index (χ2n) is 6.93. The van der Waals surface area contributed by atoms with E-state index < -0.39 is 6.09 Å². The minimum absolute atomic E-state index is 0.265. The first kappa shape index (κ1) is 20.8. The van der Waals surface area contributed by atoms with Gasteiger partial charge < -0.3 is 25.0 Å². The molecule has 2 N–H and O–H groups in total. The molecule has 1 atom stereocenters. The van der Waals surface area contributed by atoms with Crippen molar-refractivity contribution in [3.63, 3.8) is 0 Å². The molecule has 2 aromatic heterocycles. The number of aliphatic hydroxyl groups excluding tert-OH is 1. The van der Waals surface area contributed by atoms with E-state index in [9.17, 15) is 4.79 Å². The highest BCUT2D eigenvalue weighted by molar-refractivity contribution is 7.81. The van der Waals surface area contributed by atoms with Gasteiger partial charge in [-0.1, -0.05) is 18.3 Å². The van der Waals surface area contributed by atoms with Crippen LogP contribution in [0.2, 0.25) is 0 Å². The summed E-state index contributed by atoms with van der Waals surface area (Å²) in [6.07, 6.45) is 0.865. The van der Waals surface area contributed by atoms with Gasteiger partial charge in [0.2, 0.25) is 0 Å². The van der Waals surface area contributed by atoms with Gasteiger partial charge in [-0.15, -0.1) is 11.3 Å². The van der Waals surface area contributed by atoms with Crippen LogP contribution in [0.5, 0.6) is 0 Å². The maximum atomic E-state index is 12.1. The average Bonchev–Trinajstić information content (AvgIpc) is 3.42. The molecule has 8 nitrogen and oxygen atoms in total. The van der Waals surface area contributed by atoms with Crippen LogP contribution >= 0.6 is 35.8 Å². The third kappa shape index (κ3) is 4.63. The molecule has 2 saturated heterocycles. The number of carbonyl (C=O) groups is 1. The van der Waals surface area contributed by atoms with Gasteiger partial charge >= 0.3 is 6.09 Å². The van der Waals surface area contributed by atoms with Crippen molar-refractivity contribution in [3.8, 4) is 0 Å². The molecule has 1 amide bonds. The zero-order chi connectivity index (χ0) is 21.1. The number of nitrogens with zero attached hydrogens (tertiary/aromatic N) is 4. The largest absolute Gasteiger partial charge is 0.487 e. The summed E-state index contributed by atoms with van der Waals surface area (Å²) < 4.78 is 5.29. The van der Waals surface area contributed by atoms with Gasteiger partial charge in [0.25, 0.3) is 5.17 Å². The molecule has 4 rings (SSSR count). The Kier molecular flexibility index (Phi) is 6.30. The monoisotopic (exact) mass is 463 g/mol. The SMILES string of the molecule is O=C1OC(CNC(O)=S)CN1c1ccc(N2CCN(C(=S)c3cccs3)CC2)nc1. The van der Waals surface area contributed by atoms with Gasteiger partial charge in [0.1, 0.15) is 16.9 Å². The molecule has 11 heteroatoms. The first-order valence-electron chi connectivity index (χ1n) is 9.50. The number of rotatable bonds is 5. The Morgan fingerprint density at radius 1 is 1.27 bits per heavy atom. The predicted molar refractivity (Wildman–Crippen MR) is 125 cm³/mol. The van der Waals surface area contributed by atoms with Crippen molar-refractivity contribution in [2.24, 2.45) is 0 Å². The van der Waals surface area contributed by atoms with Crippen LogP contribution in [-0.2, 0) is 4.74 Å². The van der Waals surface area contributed by atoms with E-state index in [1.165, 1.54) is 4.90 Å². The number of hydrogen-bond acceptors (Lipinski definition) is 7. The number of piperazine rings is 1. The maximum Gasteiger partial charge on any atom is 0.414 e. The molecule has 2 aliphatic rings. The molecule has 1 unspecified atom stereocenters. The van der Waals surface area contributed by atoms with Crippen LogP contribution in [0.3, 0.4) is 0 Å². The summed E-state index contributed by atoms with van der Waals surface area (Å²) in [7, 11) is 0. The summed E-state index contributed by atoms with van der Waals surface area (Å²) in [6.45, 7) is 3.99. The summed E-state index contributed by atoms with van der Waals surface area (Å²) in [6, 6.07) is 7.87. The Morgan fingerprint density at radius 3 is 2.70 bits per heavy atom. The minimum atomic E-state index is -0.434. The number of thiocarbonyl (C=S) groups is 2. The number of aromatic nitrogens is 1. The molecule has 0 saturated carbocycles. The topological polar surface area (TPSA) is 81.2 Å². The second kappa shape index (κ2) is 9.11. The number of hydrogen-bond donors (Lipinski definition) is 2. The van der Waals surface area contributed by atoms with E-state index >= 15 is 0 Å². The fraction of sp³-hybridized carbons (Fsp3) is 0.368. The van der Waals surface area contributed by atoms with Crippen molar-refractivity contribution < 1.29 is 14.6 Å². The number of amides is 1. The predicted octanol–water partition coefficient (Wildman–Crippen LogP) is 2.40. The van der Waals surface area contributed by atoms with Crippen LogP contribution in [-0.4, -0.2) is 76.6 Å². The number of pyridine rings is 1. The molecule has 2 fully saturated rings. The molecular formula is C19H21N5O3S3. The van der Waals surface area contributed by atoms with Crippen molar-refractivity contribution in [2.75, 3.05) is 49.1 Å². The summed E-state index contributed by atoms with van der Waals surface area (Å²) in [5.74, 6) is 0.872. The number of ether oxygens (including phenoxy) is 1. The highest BCUT2D eigenvalue weighted by Crippen LogP contribution is 2.24. The van der Waals surface area contributed by atoms with Crippen molar-refractivity contribution in [3.05, 3.63) is 40.7 Å². The number of nitrogens with one attached hydrogen (secondary N) is 1. The lowest BCUT2D eigenvalue weighted by Gasteiger charge is -2.36. The quantitative estimate of drug-likeness (QED) is 0.650. The molecule has 4 heterocycles.